The number of carbonyl (C=O) groups excluding carboxylic acids is 1. The first kappa shape index (κ1) is 22.6. The highest BCUT2D eigenvalue weighted by Crippen LogP contribution is 2.23. The van der Waals surface area contributed by atoms with Crippen molar-refractivity contribution in [3.8, 4) is 0 Å². The Morgan fingerprint density at radius 3 is 2.66 bits per heavy atom. The Kier molecular flexibility index (Phi) is 8.34. The van der Waals surface area contributed by atoms with Crippen molar-refractivity contribution in [2.75, 3.05) is 30.3 Å². The fourth-order valence-corrected chi connectivity index (χ4v) is 3.14. The zero-order valence-electron chi connectivity index (χ0n) is 16.3. The molecule has 0 radical (unpaired) electrons. The topological polar surface area (TPSA) is 127 Å². The van der Waals surface area contributed by atoms with Gasteiger partial charge < -0.3 is 10.6 Å². The van der Waals surface area contributed by atoms with Crippen LogP contribution in [0.5, 0.6) is 0 Å². The number of nitrogens with one attached hydrogen (secondary N) is 3. The number of halogens is 1. The third-order valence-electron chi connectivity index (χ3n) is 4.72. The molecule has 0 spiro atoms. The van der Waals surface area contributed by atoms with Gasteiger partial charge >= 0.3 is 0 Å². The fraction of sp³-hybridized carbons (Fsp3) is 0.500. The van der Waals surface area contributed by atoms with E-state index in [4.69, 9.17) is 0 Å². The summed E-state index contributed by atoms with van der Waals surface area (Å²) >= 11 is 0. The van der Waals surface area contributed by atoms with Crippen molar-refractivity contribution in [2.24, 2.45) is 7.05 Å². The molecule has 0 atom stereocenters. The standard InChI is InChI=1S/C18H25N7O3.ClH/c1-24-18(22-17(23-24)13-8-11-19-12-9-13)21-16(26)3-2-10-20-14-4-6-15(7-5-14)25(27)28;/h4-7,13,19-20H,2-3,8-12H2,1H3,(H,21,22,23,26);1H. The number of rotatable bonds is 8. The summed E-state index contributed by atoms with van der Waals surface area (Å²) in [4.78, 5) is 26.9. The molecule has 3 rings (SSSR count). The van der Waals surface area contributed by atoms with Crippen LogP contribution < -0.4 is 16.0 Å². The summed E-state index contributed by atoms with van der Waals surface area (Å²) < 4.78 is 1.62. The highest BCUT2D eigenvalue weighted by atomic mass is 35.5. The van der Waals surface area contributed by atoms with Crippen molar-refractivity contribution in [3.63, 3.8) is 0 Å². The number of non-ortho nitro benzene ring substituents is 1. The average molecular weight is 424 g/mol. The molecule has 1 fully saturated rings. The molecule has 11 heteroatoms. The van der Waals surface area contributed by atoms with Gasteiger partial charge in [0.25, 0.3) is 5.69 Å². The first-order chi connectivity index (χ1) is 13.5. The van der Waals surface area contributed by atoms with Crippen molar-refractivity contribution in [3.05, 3.63) is 40.2 Å². The SMILES string of the molecule is Cl.Cn1nc(C2CCNCC2)nc1NC(=O)CCCNc1ccc([N+](=O)[O-])cc1. The minimum Gasteiger partial charge on any atom is -0.385 e. The van der Waals surface area contributed by atoms with Crippen LogP contribution in [0.4, 0.5) is 17.3 Å². The molecule has 1 aromatic heterocycles. The molecule has 10 nitrogen and oxygen atoms in total. The normalized spacial score (nSPS) is 14.1. The summed E-state index contributed by atoms with van der Waals surface area (Å²) in [7, 11) is 1.78. The molecule has 0 unspecified atom stereocenters. The molecule has 2 aromatic rings. The van der Waals surface area contributed by atoms with Crippen LogP contribution in [-0.2, 0) is 11.8 Å². The smallest absolute Gasteiger partial charge is 0.269 e. The van der Waals surface area contributed by atoms with Crippen LogP contribution in [-0.4, -0.2) is 45.2 Å². The zero-order valence-corrected chi connectivity index (χ0v) is 17.1. The summed E-state index contributed by atoms with van der Waals surface area (Å²) in [6.07, 6.45) is 2.98. The van der Waals surface area contributed by atoms with E-state index in [2.05, 4.69) is 26.0 Å². The van der Waals surface area contributed by atoms with Gasteiger partial charge in [0.1, 0.15) is 0 Å². The van der Waals surface area contributed by atoms with Gasteiger partial charge in [0.15, 0.2) is 5.82 Å². The van der Waals surface area contributed by atoms with Gasteiger partial charge in [0.2, 0.25) is 11.9 Å². The Bertz CT molecular complexity index is 819. The number of aromatic nitrogens is 3. The number of amides is 1. The first-order valence-electron chi connectivity index (χ1n) is 9.43. The van der Waals surface area contributed by atoms with Crippen molar-refractivity contribution < 1.29 is 9.72 Å². The number of hydrogen-bond acceptors (Lipinski definition) is 7. The Balaban J connectivity index is 0.00000300. The Morgan fingerprint density at radius 2 is 2.00 bits per heavy atom. The molecule has 0 aliphatic carbocycles. The van der Waals surface area contributed by atoms with E-state index in [9.17, 15) is 14.9 Å². The van der Waals surface area contributed by atoms with E-state index in [0.717, 1.165) is 37.4 Å². The molecule has 1 aliphatic rings. The lowest BCUT2D eigenvalue weighted by atomic mass is 9.98. The predicted octanol–water partition coefficient (Wildman–Crippen LogP) is 2.44. The van der Waals surface area contributed by atoms with E-state index < -0.39 is 4.92 Å². The molecule has 0 bridgehead atoms. The van der Waals surface area contributed by atoms with Crippen LogP contribution >= 0.6 is 12.4 Å². The second kappa shape index (κ2) is 10.7. The molecule has 158 valence electrons. The number of nitro groups is 1. The Morgan fingerprint density at radius 1 is 1.31 bits per heavy atom. The summed E-state index contributed by atoms with van der Waals surface area (Å²) in [5.74, 6) is 1.49. The van der Waals surface area contributed by atoms with Crippen LogP contribution in [0.3, 0.4) is 0 Å². The van der Waals surface area contributed by atoms with E-state index in [1.807, 2.05) is 0 Å². The van der Waals surface area contributed by atoms with Crippen LogP contribution in [0.1, 0.15) is 37.4 Å². The van der Waals surface area contributed by atoms with Gasteiger partial charge in [-0.25, -0.2) is 4.68 Å². The number of carbonyl (C=O) groups is 1. The third kappa shape index (κ3) is 6.40. The predicted molar refractivity (Wildman–Crippen MR) is 113 cm³/mol. The van der Waals surface area contributed by atoms with E-state index in [1.165, 1.54) is 12.1 Å². The monoisotopic (exact) mass is 423 g/mol. The molecule has 1 amide bonds. The molecular formula is C18H26ClN7O3. The quantitative estimate of drug-likeness (QED) is 0.338. The molecule has 2 heterocycles. The van der Waals surface area contributed by atoms with Gasteiger partial charge in [0.05, 0.1) is 4.92 Å². The van der Waals surface area contributed by atoms with Crippen molar-refractivity contribution >= 4 is 35.6 Å². The summed E-state index contributed by atoms with van der Waals surface area (Å²) in [6, 6.07) is 6.20. The molecule has 1 saturated heterocycles. The summed E-state index contributed by atoms with van der Waals surface area (Å²) in [6.45, 7) is 2.52. The van der Waals surface area contributed by atoms with E-state index in [0.29, 0.717) is 31.3 Å². The second-order valence-corrected chi connectivity index (χ2v) is 6.82. The van der Waals surface area contributed by atoms with Crippen molar-refractivity contribution in [1.82, 2.24) is 20.1 Å². The van der Waals surface area contributed by atoms with Gasteiger partial charge in [-0.3, -0.25) is 20.2 Å². The number of benzene rings is 1. The Labute approximate surface area is 175 Å². The van der Waals surface area contributed by atoms with E-state index >= 15 is 0 Å². The largest absolute Gasteiger partial charge is 0.385 e. The third-order valence-corrected chi connectivity index (χ3v) is 4.72. The number of piperidine rings is 1. The van der Waals surface area contributed by atoms with Crippen LogP contribution in [0, 0.1) is 10.1 Å². The molecule has 0 saturated carbocycles. The number of nitro benzene ring substituents is 1. The minimum atomic E-state index is -0.433. The van der Waals surface area contributed by atoms with E-state index in [-0.39, 0.29) is 24.0 Å². The van der Waals surface area contributed by atoms with Crippen LogP contribution in [0.2, 0.25) is 0 Å². The van der Waals surface area contributed by atoms with Gasteiger partial charge in [0, 0.05) is 43.8 Å². The number of aryl methyl sites for hydroxylation is 1. The fourth-order valence-electron chi connectivity index (χ4n) is 3.14. The maximum absolute atomic E-state index is 12.2. The van der Waals surface area contributed by atoms with Crippen molar-refractivity contribution in [1.29, 1.82) is 0 Å². The number of nitrogens with zero attached hydrogens (tertiary/aromatic N) is 4. The van der Waals surface area contributed by atoms with Gasteiger partial charge in [-0.2, -0.15) is 10.1 Å². The lowest BCUT2D eigenvalue weighted by molar-refractivity contribution is -0.384. The highest BCUT2D eigenvalue weighted by molar-refractivity contribution is 5.89. The zero-order chi connectivity index (χ0) is 19.9. The molecule has 1 aliphatic heterocycles. The maximum atomic E-state index is 12.2. The second-order valence-electron chi connectivity index (χ2n) is 6.82. The number of hydrogen-bond donors (Lipinski definition) is 3. The molecule has 3 N–H and O–H groups in total. The van der Waals surface area contributed by atoms with Crippen LogP contribution in [0.25, 0.3) is 0 Å². The average Bonchev–Trinajstić information content (AvgIpc) is 3.06. The highest BCUT2D eigenvalue weighted by Gasteiger charge is 2.21. The van der Waals surface area contributed by atoms with Crippen molar-refractivity contribution in [2.45, 2.75) is 31.6 Å². The number of anilines is 2. The van der Waals surface area contributed by atoms with Gasteiger partial charge in [-0.1, -0.05) is 0 Å². The summed E-state index contributed by atoms with van der Waals surface area (Å²) in [5.41, 5.74) is 0.836. The Hall–Kier alpha value is -2.72. The molecular weight excluding hydrogens is 398 g/mol. The first-order valence-corrected chi connectivity index (χ1v) is 9.43. The lowest BCUT2D eigenvalue weighted by Gasteiger charge is -2.19. The van der Waals surface area contributed by atoms with Gasteiger partial charge in [-0.15, -0.1) is 12.4 Å². The van der Waals surface area contributed by atoms with E-state index in [1.54, 1.807) is 23.9 Å². The minimum absolute atomic E-state index is 0. The van der Waals surface area contributed by atoms with Crippen LogP contribution in [0.15, 0.2) is 24.3 Å². The van der Waals surface area contributed by atoms with Gasteiger partial charge in [-0.05, 0) is 44.5 Å². The molecule has 29 heavy (non-hydrogen) atoms. The summed E-state index contributed by atoms with van der Waals surface area (Å²) in [5, 5.41) is 24.4. The lowest BCUT2D eigenvalue weighted by Crippen LogP contribution is -2.27. The maximum Gasteiger partial charge on any atom is 0.269 e. The molecule has 1 aromatic carbocycles.